The molecule has 0 atom stereocenters. The fourth-order valence-corrected chi connectivity index (χ4v) is 2.32. The van der Waals surface area contributed by atoms with E-state index < -0.39 is 0 Å². The number of aromatic hydroxyl groups is 1. The lowest BCUT2D eigenvalue weighted by Crippen LogP contribution is -1.99. The molecule has 4 rings (SSSR count). The van der Waals surface area contributed by atoms with E-state index in [1.165, 1.54) is 0 Å². The summed E-state index contributed by atoms with van der Waals surface area (Å²) in [5.41, 5.74) is 0. The summed E-state index contributed by atoms with van der Waals surface area (Å²) in [6.07, 6.45) is 0. The van der Waals surface area contributed by atoms with Gasteiger partial charge in [0.05, 0.1) is 0 Å². The van der Waals surface area contributed by atoms with Gasteiger partial charge in [-0.3, -0.25) is 0 Å². The van der Waals surface area contributed by atoms with Crippen LogP contribution in [0.2, 0.25) is 0 Å². The third-order valence-electron chi connectivity index (χ3n) is 3.21. The van der Waals surface area contributed by atoms with Crippen molar-refractivity contribution in [3.05, 3.63) is 54.6 Å². The Bertz CT molecular complexity index is 793. The van der Waals surface area contributed by atoms with Gasteiger partial charge in [0.25, 0.3) is 0 Å². The van der Waals surface area contributed by atoms with Crippen molar-refractivity contribution in [2.75, 3.05) is 0 Å². The predicted octanol–water partition coefficient (Wildman–Crippen LogP) is 4.44. The van der Waals surface area contributed by atoms with Gasteiger partial charge in [0, 0.05) is 5.39 Å². The lowest BCUT2D eigenvalue weighted by molar-refractivity contribution is 0.341. The molecule has 3 heteroatoms. The maximum absolute atomic E-state index is 10.1. The Morgan fingerprint density at radius 1 is 0.737 bits per heavy atom. The average Bonchev–Trinajstić information content (AvgIpc) is 2.46. The molecule has 3 aromatic rings. The topological polar surface area (TPSA) is 38.7 Å². The average molecular weight is 250 g/mol. The second-order valence-corrected chi connectivity index (χ2v) is 4.43. The Morgan fingerprint density at radius 2 is 1.37 bits per heavy atom. The van der Waals surface area contributed by atoms with Gasteiger partial charge in [-0.05, 0) is 23.6 Å². The van der Waals surface area contributed by atoms with Crippen molar-refractivity contribution in [2.24, 2.45) is 0 Å². The van der Waals surface area contributed by atoms with E-state index in [0.29, 0.717) is 23.0 Å². The monoisotopic (exact) mass is 250 g/mol. The molecule has 19 heavy (non-hydrogen) atoms. The van der Waals surface area contributed by atoms with Gasteiger partial charge < -0.3 is 14.6 Å². The van der Waals surface area contributed by atoms with E-state index in [-0.39, 0.29) is 5.75 Å². The van der Waals surface area contributed by atoms with Gasteiger partial charge in [-0.25, -0.2) is 0 Å². The number of hydrogen-bond donors (Lipinski definition) is 1. The van der Waals surface area contributed by atoms with E-state index in [4.69, 9.17) is 9.47 Å². The summed E-state index contributed by atoms with van der Waals surface area (Å²) in [7, 11) is 0. The smallest absolute Gasteiger partial charge is 0.212 e. The highest BCUT2D eigenvalue weighted by molar-refractivity contribution is 5.93. The summed E-state index contributed by atoms with van der Waals surface area (Å²) in [4.78, 5) is 0. The fraction of sp³-hybridized carbons (Fsp3) is 0. The minimum atomic E-state index is 0.0863. The van der Waals surface area contributed by atoms with Gasteiger partial charge in [-0.1, -0.05) is 36.4 Å². The molecular formula is C16H10O3. The minimum Gasteiger partial charge on any atom is -0.504 e. The zero-order chi connectivity index (χ0) is 12.8. The molecule has 3 aromatic carbocycles. The minimum absolute atomic E-state index is 0.0863. The van der Waals surface area contributed by atoms with Crippen LogP contribution in [-0.2, 0) is 0 Å². The number of phenols is 1. The first kappa shape index (κ1) is 10.3. The maximum Gasteiger partial charge on any atom is 0.212 e. The molecule has 0 aliphatic carbocycles. The summed E-state index contributed by atoms with van der Waals surface area (Å²) in [6, 6.07) is 16.8. The SMILES string of the molecule is Oc1cc2ccccc2c2c1Oc1ccccc1O2. The summed E-state index contributed by atoms with van der Waals surface area (Å²) < 4.78 is 11.6. The molecule has 1 aliphatic rings. The van der Waals surface area contributed by atoms with Crippen LogP contribution in [0.1, 0.15) is 0 Å². The molecule has 0 spiro atoms. The molecule has 1 heterocycles. The zero-order valence-corrected chi connectivity index (χ0v) is 9.96. The van der Waals surface area contributed by atoms with Gasteiger partial charge in [0.2, 0.25) is 5.75 Å². The van der Waals surface area contributed by atoms with Gasteiger partial charge in [0.15, 0.2) is 23.0 Å². The lowest BCUT2D eigenvalue weighted by atomic mass is 10.1. The molecule has 0 saturated carbocycles. The molecule has 92 valence electrons. The van der Waals surface area contributed by atoms with Crippen molar-refractivity contribution in [3.8, 4) is 28.7 Å². The molecule has 0 radical (unpaired) electrons. The van der Waals surface area contributed by atoms with Crippen LogP contribution in [0, 0.1) is 0 Å². The van der Waals surface area contributed by atoms with Crippen molar-refractivity contribution < 1.29 is 14.6 Å². The van der Waals surface area contributed by atoms with Crippen LogP contribution in [0.15, 0.2) is 54.6 Å². The predicted molar refractivity (Wildman–Crippen MR) is 72.2 cm³/mol. The molecule has 3 nitrogen and oxygen atoms in total. The normalized spacial score (nSPS) is 12.2. The fourth-order valence-electron chi connectivity index (χ4n) is 2.32. The Hall–Kier alpha value is -2.68. The molecule has 1 aliphatic heterocycles. The van der Waals surface area contributed by atoms with Crippen molar-refractivity contribution in [3.63, 3.8) is 0 Å². The highest BCUT2D eigenvalue weighted by Crippen LogP contribution is 2.52. The molecule has 0 amide bonds. The van der Waals surface area contributed by atoms with Crippen molar-refractivity contribution in [1.82, 2.24) is 0 Å². The number of ether oxygens (including phenoxy) is 2. The van der Waals surface area contributed by atoms with E-state index in [1.807, 2.05) is 48.5 Å². The summed E-state index contributed by atoms with van der Waals surface area (Å²) in [5.74, 6) is 2.29. The number of benzene rings is 3. The number of para-hydroxylation sites is 2. The third kappa shape index (κ3) is 1.45. The van der Waals surface area contributed by atoms with E-state index >= 15 is 0 Å². The zero-order valence-electron chi connectivity index (χ0n) is 9.96. The van der Waals surface area contributed by atoms with Crippen LogP contribution in [0.25, 0.3) is 10.8 Å². The Labute approximate surface area is 109 Å². The summed E-state index contributed by atoms with van der Waals surface area (Å²) in [5, 5.41) is 11.9. The van der Waals surface area contributed by atoms with E-state index in [0.717, 1.165) is 10.8 Å². The van der Waals surface area contributed by atoms with Crippen LogP contribution in [0.5, 0.6) is 28.7 Å². The van der Waals surface area contributed by atoms with Crippen molar-refractivity contribution in [1.29, 1.82) is 0 Å². The lowest BCUT2D eigenvalue weighted by Gasteiger charge is -2.22. The summed E-state index contributed by atoms with van der Waals surface area (Å²) in [6.45, 7) is 0. The molecule has 0 fully saturated rings. The Kier molecular flexibility index (Phi) is 1.97. The van der Waals surface area contributed by atoms with E-state index in [1.54, 1.807) is 6.07 Å². The molecule has 0 bridgehead atoms. The van der Waals surface area contributed by atoms with Gasteiger partial charge >= 0.3 is 0 Å². The van der Waals surface area contributed by atoms with Gasteiger partial charge in [-0.2, -0.15) is 0 Å². The van der Waals surface area contributed by atoms with Crippen LogP contribution in [-0.4, -0.2) is 5.11 Å². The van der Waals surface area contributed by atoms with Gasteiger partial charge in [0.1, 0.15) is 0 Å². The third-order valence-corrected chi connectivity index (χ3v) is 3.21. The number of hydrogen-bond acceptors (Lipinski definition) is 3. The van der Waals surface area contributed by atoms with Gasteiger partial charge in [-0.15, -0.1) is 0 Å². The Balaban J connectivity index is 2.02. The second-order valence-electron chi connectivity index (χ2n) is 4.43. The molecule has 0 aromatic heterocycles. The maximum atomic E-state index is 10.1. The van der Waals surface area contributed by atoms with E-state index in [2.05, 4.69) is 0 Å². The molecule has 1 N–H and O–H groups in total. The number of rotatable bonds is 0. The van der Waals surface area contributed by atoms with Crippen LogP contribution in [0.3, 0.4) is 0 Å². The van der Waals surface area contributed by atoms with Crippen LogP contribution < -0.4 is 9.47 Å². The highest BCUT2D eigenvalue weighted by atomic mass is 16.6. The van der Waals surface area contributed by atoms with Crippen molar-refractivity contribution >= 4 is 10.8 Å². The Morgan fingerprint density at radius 3 is 2.16 bits per heavy atom. The standard InChI is InChI=1S/C16H10O3/c17-12-9-10-5-1-2-6-11(10)15-16(12)19-14-8-4-3-7-13(14)18-15/h1-9,17H. The second kappa shape index (κ2) is 3.65. The first-order valence-corrected chi connectivity index (χ1v) is 6.02. The quantitative estimate of drug-likeness (QED) is 0.501. The van der Waals surface area contributed by atoms with Crippen LogP contribution >= 0.6 is 0 Å². The molecule has 0 unspecified atom stereocenters. The van der Waals surface area contributed by atoms with Crippen LogP contribution in [0.4, 0.5) is 0 Å². The molecular weight excluding hydrogens is 240 g/mol. The number of phenolic OH excluding ortho intramolecular Hbond substituents is 1. The first-order chi connectivity index (χ1) is 9.33. The summed E-state index contributed by atoms with van der Waals surface area (Å²) >= 11 is 0. The molecule has 0 saturated heterocycles. The van der Waals surface area contributed by atoms with E-state index in [9.17, 15) is 5.11 Å². The van der Waals surface area contributed by atoms with Crippen molar-refractivity contribution in [2.45, 2.75) is 0 Å². The largest absolute Gasteiger partial charge is 0.504 e. The first-order valence-electron chi connectivity index (χ1n) is 6.02. The highest BCUT2D eigenvalue weighted by Gasteiger charge is 2.23. The number of fused-ring (bicyclic) bond motifs is 4.